The Hall–Kier alpha value is -1.68. The number of hydrogen-bond donors (Lipinski definition) is 0. The molecule has 0 radical (unpaired) electrons. The van der Waals surface area contributed by atoms with Crippen LogP contribution in [-0.2, 0) is 12.8 Å². The predicted octanol–water partition coefficient (Wildman–Crippen LogP) is 3.68. The van der Waals surface area contributed by atoms with Gasteiger partial charge in [-0.3, -0.25) is 10.1 Å². The van der Waals surface area contributed by atoms with E-state index in [4.69, 9.17) is 11.6 Å². The van der Waals surface area contributed by atoms with Crippen LogP contribution in [0, 0.1) is 10.1 Å². The van der Waals surface area contributed by atoms with E-state index in [9.17, 15) is 10.1 Å². The average molecular weight is 263 g/mol. The van der Waals surface area contributed by atoms with Gasteiger partial charge in [-0.1, -0.05) is 11.6 Å². The number of nitro benzene ring substituents is 1. The molecule has 92 valence electrons. The molecular formula is C13H11ClN2O2. The highest BCUT2D eigenvalue weighted by Crippen LogP contribution is 2.33. The third-order valence-corrected chi connectivity index (χ3v) is 3.76. The number of hydrogen-bond acceptors (Lipinski definition) is 3. The van der Waals surface area contributed by atoms with Gasteiger partial charge < -0.3 is 0 Å². The highest BCUT2D eigenvalue weighted by atomic mass is 35.5. The molecule has 2 aromatic rings. The lowest BCUT2D eigenvalue weighted by Crippen LogP contribution is -2.06. The van der Waals surface area contributed by atoms with Crippen LogP contribution in [0.4, 0.5) is 5.69 Å². The molecule has 0 unspecified atom stereocenters. The predicted molar refractivity (Wildman–Crippen MR) is 70.0 cm³/mol. The Kier molecular flexibility index (Phi) is 2.67. The normalized spacial score (nSPS) is 14.5. The molecule has 18 heavy (non-hydrogen) atoms. The summed E-state index contributed by atoms with van der Waals surface area (Å²) in [6, 6.07) is 4.76. The Morgan fingerprint density at radius 2 is 1.94 bits per heavy atom. The van der Waals surface area contributed by atoms with Crippen LogP contribution in [-0.4, -0.2) is 9.91 Å². The highest BCUT2D eigenvalue weighted by molar-refractivity contribution is 6.30. The summed E-state index contributed by atoms with van der Waals surface area (Å²) in [5.74, 6) is 0. The van der Waals surface area contributed by atoms with Crippen molar-refractivity contribution < 1.29 is 4.92 Å². The van der Waals surface area contributed by atoms with E-state index in [1.807, 2.05) is 0 Å². The van der Waals surface area contributed by atoms with Crippen molar-refractivity contribution in [3.8, 4) is 0 Å². The largest absolute Gasteiger partial charge is 0.270 e. The maximum absolute atomic E-state index is 10.8. The average Bonchev–Trinajstić information content (AvgIpc) is 2.38. The first-order chi connectivity index (χ1) is 8.66. The second kappa shape index (κ2) is 4.21. The third-order valence-electron chi connectivity index (χ3n) is 3.45. The fourth-order valence-corrected chi connectivity index (χ4v) is 2.88. The maximum atomic E-state index is 10.8. The van der Waals surface area contributed by atoms with Gasteiger partial charge in [-0.25, -0.2) is 4.98 Å². The van der Waals surface area contributed by atoms with Crippen molar-refractivity contribution in [2.24, 2.45) is 0 Å². The lowest BCUT2D eigenvalue weighted by molar-refractivity contribution is -0.384. The highest BCUT2D eigenvalue weighted by Gasteiger charge is 2.19. The van der Waals surface area contributed by atoms with E-state index in [2.05, 4.69) is 4.98 Å². The van der Waals surface area contributed by atoms with Gasteiger partial charge in [0, 0.05) is 17.5 Å². The number of aromatic nitrogens is 1. The minimum Gasteiger partial charge on any atom is -0.258 e. The van der Waals surface area contributed by atoms with Crippen molar-refractivity contribution >= 4 is 28.2 Å². The number of rotatable bonds is 1. The summed E-state index contributed by atoms with van der Waals surface area (Å²) in [5.41, 5.74) is 3.06. The smallest absolute Gasteiger partial charge is 0.258 e. The molecule has 1 aliphatic rings. The molecule has 0 atom stereocenters. The first kappa shape index (κ1) is 11.4. The molecule has 0 amide bonds. The topological polar surface area (TPSA) is 56.0 Å². The molecule has 3 rings (SSSR count). The summed E-state index contributed by atoms with van der Waals surface area (Å²) in [6.07, 6.45) is 4.05. The number of benzene rings is 1. The van der Waals surface area contributed by atoms with Crippen LogP contribution in [0.25, 0.3) is 10.9 Å². The van der Waals surface area contributed by atoms with Gasteiger partial charge in [0.05, 0.1) is 10.4 Å². The third kappa shape index (κ3) is 1.73. The molecule has 5 heteroatoms. The lowest BCUT2D eigenvalue weighted by atomic mass is 9.90. The number of pyridine rings is 1. The van der Waals surface area contributed by atoms with Crippen LogP contribution < -0.4 is 0 Å². The molecule has 0 spiro atoms. The number of fused-ring (bicyclic) bond motifs is 3. The van der Waals surface area contributed by atoms with Crippen molar-refractivity contribution in [2.75, 3.05) is 0 Å². The summed E-state index contributed by atoms with van der Waals surface area (Å²) in [4.78, 5) is 14.8. The van der Waals surface area contributed by atoms with E-state index in [1.165, 1.54) is 6.07 Å². The Labute approximate surface area is 109 Å². The first-order valence-electron chi connectivity index (χ1n) is 5.92. The van der Waals surface area contributed by atoms with Gasteiger partial charge in [0.15, 0.2) is 0 Å². The minimum absolute atomic E-state index is 0.111. The Morgan fingerprint density at radius 3 is 2.67 bits per heavy atom. The van der Waals surface area contributed by atoms with Crippen molar-refractivity contribution in [3.63, 3.8) is 0 Å². The van der Waals surface area contributed by atoms with E-state index >= 15 is 0 Å². The quantitative estimate of drug-likeness (QED) is 0.447. The van der Waals surface area contributed by atoms with Crippen LogP contribution in [0.3, 0.4) is 0 Å². The van der Waals surface area contributed by atoms with Crippen LogP contribution in [0.2, 0.25) is 5.15 Å². The summed E-state index contributed by atoms with van der Waals surface area (Å²) in [7, 11) is 0. The number of aryl methyl sites for hydroxylation is 1. The van der Waals surface area contributed by atoms with Crippen molar-refractivity contribution in [1.29, 1.82) is 0 Å². The van der Waals surface area contributed by atoms with E-state index in [0.29, 0.717) is 5.15 Å². The Balaban J connectivity index is 2.33. The monoisotopic (exact) mass is 262 g/mol. The number of halogens is 1. The first-order valence-corrected chi connectivity index (χ1v) is 6.30. The molecule has 0 saturated carbocycles. The zero-order valence-electron chi connectivity index (χ0n) is 9.65. The molecular weight excluding hydrogens is 252 g/mol. The molecule has 0 fully saturated rings. The van der Waals surface area contributed by atoms with E-state index in [1.54, 1.807) is 12.1 Å². The molecule has 0 bridgehead atoms. The van der Waals surface area contributed by atoms with E-state index in [0.717, 1.165) is 47.7 Å². The van der Waals surface area contributed by atoms with Gasteiger partial charge >= 0.3 is 0 Å². The number of nitro groups is 1. The molecule has 1 aromatic heterocycles. The van der Waals surface area contributed by atoms with Crippen molar-refractivity contribution in [2.45, 2.75) is 25.7 Å². The van der Waals surface area contributed by atoms with Gasteiger partial charge in [0.2, 0.25) is 0 Å². The molecule has 4 nitrogen and oxygen atoms in total. The van der Waals surface area contributed by atoms with Gasteiger partial charge in [-0.15, -0.1) is 0 Å². The fourth-order valence-electron chi connectivity index (χ4n) is 2.58. The minimum atomic E-state index is -0.372. The maximum Gasteiger partial charge on any atom is 0.270 e. The van der Waals surface area contributed by atoms with Gasteiger partial charge in [0.1, 0.15) is 5.15 Å². The Morgan fingerprint density at radius 1 is 1.22 bits per heavy atom. The summed E-state index contributed by atoms with van der Waals surface area (Å²) in [5, 5.41) is 12.3. The van der Waals surface area contributed by atoms with Gasteiger partial charge in [-0.05, 0) is 42.9 Å². The summed E-state index contributed by atoms with van der Waals surface area (Å²) >= 11 is 6.18. The molecule has 1 aliphatic carbocycles. The van der Waals surface area contributed by atoms with E-state index in [-0.39, 0.29) is 10.6 Å². The molecule has 0 N–H and O–H groups in total. The zero-order chi connectivity index (χ0) is 12.7. The van der Waals surface area contributed by atoms with Crippen LogP contribution in [0.5, 0.6) is 0 Å². The van der Waals surface area contributed by atoms with Gasteiger partial charge in [0.25, 0.3) is 5.69 Å². The molecule has 1 heterocycles. The second-order valence-corrected chi connectivity index (χ2v) is 4.88. The summed E-state index contributed by atoms with van der Waals surface area (Å²) in [6.45, 7) is 0. The van der Waals surface area contributed by atoms with Gasteiger partial charge in [-0.2, -0.15) is 0 Å². The van der Waals surface area contributed by atoms with Crippen LogP contribution in [0.1, 0.15) is 24.0 Å². The second-order valence-electron chi connectivity index (χ2n) is 4.53. The van der Waals surface area contributed by atoms with Crippen LogP contribution >= 0.6 is 11.6 Å². The fraction of sp³-hybridized carbons (Fsp3) is 0.308. The molecule has 0 aliphatic heterocycles. The molecule has 1 aromatic carbocycles. The summed E-state index contributed by atoms with van der Waals surface area (Å²) < 4.78 is 0. The SMILES string of the molecule is O=[N+]([O-])c1ccc2nc(Cl)c3c(c2c1)CCCC3. The number of nitrogens with zero attached hydrogens (tertiary/aromatic N) is 2. The Bertz CT molecular complexity index is 655. The standard InChI is InChI=1S/C13H11ClN2O2/c14-13-10-4-2-1-3-9(10)11-7-8(16(17)18)5-6-12(11)15-13/h5-7H,1-4H2. The zero-order valence-corrected chi connectivity index (χ0v) is 10.4. The molecule has 0 saturated heterocycles. The van der Waals surface area contributed by atoms with E-state index < -0.39 is 0 Å². The lowest BCUT2D eigenvalue weighted by Gasteiger charge is -2.18. The number of non-ortho nitro benzene ring substituents is 1. The van der Waals surface area contributed by atoms with Crippen LogP contribution in [0.15, 0.2) is 18.2 Å². The van der Waals surface area contributed by atoms with Crippen molar-refractivity contribution in [1.82, 2.24) is 4.98 Å². The van der Waals surface area contributed by atoms with Crippen molar-refractivity contribution in [3.05, 3.63) is 44.6 Å².